The number of rotatable bonds is 8. The summed E-state index contributed by atoms with van der Waals surface area (Å²) >= 11 is 0. The van der Waals surface area contributed by atoms with Crippen molar-refractivity contribution in [2.45, 2.75) is 92.4 Å². The number of unbranched alkanes of at least 4 members (excludes halogenated alkanes) is 2. The molecule has 1 atom stereocenters. The summed E-state index contributed by atoms with van der Waals surface area (Å²) in [7, 11) is 0. The second-order valence-corrected chi connectivity index (χ2v) is 6.68. The maximum atomic E-state index is 12.4. The third-order valence-electron chi connectivity index (χ3n) is 3.05. The van der Waals surface area contributed by atoms with Gasteiger partial charge in [0.2, 0.25) is 0 Å². The molecule has 0 aliphatic heterocycles. The number of nitrogens with one attached hydrogen (secondary N) is 1. The maximum absolute atomic E-state index is 12.4. The molecular weight excluding hydrogens is 308 g/mol. The highest BCUT2D eigenvalue weighted by molar-refractivity contribution is 5.74. The van der Waals surface area contributed by atoms with Gasteiger partial charge >= 0.3 is 12.2 Å². The molecule has 0 saturated heterocycles. The lowest BCUT2D eigenvalue weighted by Crippen LogP contribution is -2.52. The molecule has 0 aliphatic rings. The normalized spacial score (nSPS) is 11.9. The Morgan fingerprint density at radius 3 is 2.08 bits per heavy atom. The molecule has 0 fully saturated rings. The Kier molecular flexibility index (Phi) is 10.9. The summed E-state index contributed by atoms with van der Waals surface area (Å²) < 4.78 is 10.4. The van der Waals surface area contributed by atoms with Gasteiger partial charge in [-0.05, 0) is 48.0 Å². The minimum absolute atomic E-state index is 0.269. The van der Waals surface area contributed by atoms with Crippen LogP contribution in [-0.4, -0.2) is 35.4 Å². The molecule has 1 unspecified atom stereocenters. The number of hydrazine groups is 1. The first-order valence-corrected chi connectivity index (χ1v) is 8.79. The lowest BCUT2D eigenvalue weighted by atomic mass is 10.1. The molecule has 6 nitrogen and oxygen atoms in total. The van der Waals surface area contributed by atoms with Crippen molar-refractivity contribution in [1.29, 1.82) is 0 Å². The van der Waals surface area contributed by atoms with Crippen LogP contribution in [0.4, 0.5) is 9.59 Å². The fraction of sp³-hybridized carbons (Fsp3) is 0.778. The predicted molar refractivity (Wildman–Crippen MR) is 95.6 cm³/mol. The van der Waals surface area contributed by atoms with Crippen molar-refractivity contribution in [3.8, 4) is 0 Å². The zero-order valence-corrected chi connectivity index (χ0v) is 16.2. The zero-order valence-electron chi connectivity index (χ0n) is 16.2. The van der Waals surface area contributed by atoms with Crippen molar-refractivity contribution >= 4 is 12.2 Å². The van der Waals surface area contributed by atoms with Crippen LogP contribution in [0, 0.1) is 0 Å². The number of hydrogen-bond donors (Lipinski definition) is 1. The largest absolute Gasteiger partial charge is 0.446 e. The van der Waals surface area contributed by atoms with Gasteiger partial charge in [-0.1, -0.05) is 37.8 Å². The van der Waals surface area contributed by atoms with Crippen LogP contribution in [0.3, 0.4) is 0 Å². The van der Waals surface area contributed by atoms with E-state index in [4.69, 9.17) is 9.47 Å². The molecule has 2 amide bonds. The summed E-state index contributed by atoms with van der Waals surface area (Å²) in [4.78, 5) is 24.4. The molecule has 0 aromatic heterocycles. The van der Waals surface area contributed by atoms with E-state index in [1.54, 1.807) is 27.7 Å². The molecule has 0 radical (unpaired) electrons. The average Bonchev–Trinajstić information content (AvgIpc) is 2.42. The number of carbonyl (C=O) groups is 2. The van der Waals surface area contributed by atoms with Crippen LogP contribution in [-0.2, 0) is 9.47 Å². The number of allylic oxidation sites excluding steroid dienone is 1. The average molecular weight is 342 g/mol. The van der Waals surface area contributed by atoms with Crippen LogP contribution in [0.2, 0.25) is 0 Å². The van der Waals surface area contributed by atoms with Crippen LogP contribution in [0.1, 0.15) is 74.1 Å². The van der Waals surface area contributed by atoms with Gasteiger partial charge in [0.1, 0.15) is 0 Å². The van der Waals surface area contributed by atoms with Gasteiger partial charge in [0.25, 0.3) is 0 Å². The molecule has 140 valence electrons. The van der Waals surface area contributed by atoms with E-state index in [1.165, 1.54) is 5.01 Å². The van der Waals surface area contributed by atoms with Gasteiger partial charge in [0.15, 0.2) is 0 Å². The highest BCUT2D eigenvalue weighted by atomic mass is 16.6. The van der Waals surface area contributed by atoms with Gasteiger partial charge in [0, 0.05) is 0 Å². The van der Waals surface area contributed by atoms with Crippen molar-refractivity contribution in [2.75, 3.05) is 0 Å². The lowest BCUT2D eigenvalue weighted by Gasteiger charge is -2.30. The van der Waals surface area contributed by atoms with Gasteiger partial charge in [-0.2, -0.15) is 0 Å². The van der Waals surface area contributed by atoms with E-state index in [-0.39, 0.29) is 18.2 Å². The summed E-state index contributed by atoms with van der Waals surface area (Å²) in [5.74, 6) is 0. The standard InChI is InChI=1S/C18H34N2O4/c1-8-9-10-11-16(12-13(2)3)20(18(22)24-15(6)7)19-17(21)23-14(4)5/h12,14-16H,8-11H2,1-7H3,(H,19,21). The van der Waals surface area contributed by atoms with E-state index in [0.29, 0.717) is 0 Å². The minimum Gasteiger partial charge on any atom is -0.446 e. The van der Waals surface area contributed by atoms with Gasteiger partial charge in [-0.3, -0.25) is 0 Å². The first-order chi connectivity index (χ1) is 11.2. The number of amides is 2. The Morgan fingerprint density at radius 1 is 1.04 bits per heavy atom. The van der Waals surface area contributed by atoms with Crippen LogP contribution >= 0.6 is 0 Å². The van der Waals surface area contributed by atoms with E-state index >= 15 is 0 Å². The number of hydrogen-bond acceptors (Lipinski definition) is 4. The Morgan fingerprint density at radius 2 is 1.62 bits per heavy atom. The number of ether oxygens (including phenoxy) is 2. The summed E-state index contributed by atoms with van der Waals surface area (Å²) in [5, 5.41) is 1.24. The summed E-state index contributed by atoms with van der Waals surface area (Å²) in [5.41, 5.74) is 3.61. The van der Waals surface area contributed by atoms with Gasteiger partial charge in [-0.15, -0.1) is 0 Å². The van der Waals surface area contributed by atoms with E-state index in [9.17, 15) is 9.59 Å². The highest BCUT2D eigenvalue weighted by Crippen LogP contribution is 2.14. The first kappa shape index (κ1) is 22.3. The number of carbonyl (C=O) groups excluding carboxylic acids is 2. The van der Waals surface area contributed by atoms with Crippen LogP contribution < -0.4 is 5.43 Å². The molecule has 0 aromatic carbocycles. The van der Waals surface area contributed by atoms with E-state index in [2.05, 4.69) is 12.3 Å². The van der Waals surface area contributed by atoms with E-state index < -0.39 is 12.2 Å². The fourth-order valence-electron chi connectivity index (χ4n) is 2.14. The van der Waals surface area contributed by atoms with Gasteiger partial charge in [0.05, 0.1) is 18.2 Å². The Hall–Kier alpha value is -1.72. The third kappa shape index (κ3) is 10.1. The molecule has 24 heavy (non-hydrogen) atoms. The van der Waals surface area contributed by atoms with E-state index in [0.717, 1.165) is 31.3 Å². The lowest BCUT2D eigenvalue weighted by molar-refractivity contribution is 0.0365. The number of nitrogens with zero attached hydrogens (tertiary/aromatic N) is 1. The van der Waals surface area contributed by atoms with Crippen molar-refractivity contribution in [3.63, 3.8) is 0 Å². The van der Waals surface area contributed by atoms with Crippen molar-refractivity contribution in [1.82, 2.24) is 10.4 Å². The summed E-state index contributed by atoms with van der Waals surface area (Å²) in [6.07, 6.45) is 4.04. The van der Waals surface area contributed by atoms with Crippen molar-refractivity contribution in [2.24, 2.45) is 0 Å². The molecule has 0 saturated carbocycles. The first-order valence-electron chi connectivity index (χ1n) is 8.79. The maximum Gasteiger partial charge on any atom is 0.429 e. The Bertz CT molecular complexity index is 415. The van der Waals surface area contributed by atoms with Crippen LogP contribution in [0.15, 0.2) is 11.6 Å². The molecule has 0 spiro atoms. The predicted octanol–water partition coefficient (Wildman–Crippen LogP) is 4.80. The van der Waals surface area contributed by atoms with Gasteiger partial charge in [-0.25, -0.2) is 20.0 Å². The molecule has 6 heteroatoms. The topological polar surface area (TPSA) is 67.9 Å². The second kappa shape index (κ2) is 11.8. The highest BCUT2D eigenvalue weighted by Gasteiger charge is 2.27. The second-order valence-electron chi connectivity index (χ2n) is 6.68. The quantitative estimate of drug-likeness (QED) is 0.391. The van der Waals surface area contributed by atoms with Crippen LogP contribution in [0.25, 0.3) is 0 Å². The Balaban J connectivity index is 5.27. The fourth-order valence-corrected chi connectivity index (χ4v) is 2.14. The smallest absolute Gasteiger partial charge is 0.429 e. The monoisotopic (exact) mass is 342 g/mol. The summed E-state index contributed by atoms with van der Waals surface area (Å²) in [6.45, 7) is 13.1. The minimum atomic E-state index is -0.659. The SMILES string of the molecule is CCCCCC(C=C(C)C)N(NC(=O)OC(C)C)C(=O)OC(C)C. The molecule has 0 aliphatic carbocycles. The zero-order chi connectivity index (χ0) is 18.7. The third-order valence-corrected chi connectivity index (χ3v) is 3.05. The molecular formula is C18H34N2O4. The summed E-state index contributed by atoms with van der Waals surface area (Å²) in [6, 6.07) is -0.271. The Labute approximate surface area is 146 Å². The van der Waals surface area contributed by atoms with Crippen LogP contribution in [0.5, 0.6) is 0 Å². The molecule has 0 rings (SSSR count). The molecule has 0 bridgehead atoms. The van der Waals surface area contributed by atoms with Crippen molar-refractivity contribution in [3.05, 3.63) is 11.6 Å². The van der Waals surface area contributed by atoms with Crippen molar-refractivity contribution < 1.29 is 19.1 Å². The molecule has 0 heterocycles. The molecule has 1 N–H and O–H groups in total. The van der Waals surface area contributed by atoms with Gasteiger partial charge < -0.3 is 9.47 Å². The van der Waals surface area contributed by atoms with E-state index in [1.807, 2.05) is 19.9 Å². The molecule has 0 aromatic rings.